The van der Waals surface area contributed by atoms with Crippen LogP contribution < -0.4 is 5.73 Å². The number of halogens is 1. The van der Waals surface area contributed by atoms with Crippen molar-refractivity contribution >= 4 is 0 Å². The number of hydrogen-bond acceptors (Lipinski definition) is 1. The maximum atomic E-state index is 13.6. The van der Waals surface area contributed by atoms with Crippen molar-refractivity contribution in [3.05, 3.63) is 71.0 Å². The Balaban J connectivity index is 2.23. The van der Waals surface area contributed by atoms with E-state index < -0.39 is 0 Å². The van der Waals surface area contributed by atoms with Crippen LogP contribution in [0.5, 0.6) is 0 Å². The molecule has 0 heterocycles. The molecule has 0 saturated carbocycles. The summed E-state index contributed by atoms with van der Waals surface area (Å²) in [6.45, 7) is 2.58. The summed E-state index contributed by atoms with van der Waals surface area (Å²) in [7, 11) is 0. The van der Waals surface area contributed by atoms with E-state index in [-0.39, 0.29) is 11.7 Å². The smallest absolute Gasteiger partial charge is 0.126 e. The van der Waals surface area contributed by atoms with Crippen LogP contribution in [0.15, 0.2) is 48.5 Å². The summed E-state index contributed by atoms with van der Waals surface area (Å²) in [5.41, 5.74) is 8.95. The second kappa shape index (κ2) is 5.78. The van der Waals surface area contributed by atoms with Gasteiger partial charge in [-0.15, -0.1) is 0 Å². The third kappa shape index (κ3) is 2.96. The third-order valence-electron chi connectivity index (χ3n) is 3.22. The molecule has 0 aliphatic heterocycles. The molecule has 1 unspecified atom stereocenters. The molecule has 0 saturated heterocycles. The van der Waals surface area contributed by atoms with Crippen LogP contribution in [-0.2, 0) is 6.42 Å². The highest BCUT2D eigenvalue weighted by molar-refractivity contribution is 5.28. The maximum Gasteiger partial charge on any atom is 0.126 e. The Morgan fingerprint density at radius 2 is 1.89 bits per heavy atom. The fraction of sp³-hybridized carbons (Fsp3) is 0.250. The van der Waals surface area contributed by atoms with Crippen molar-refractivity contribution in [2.24, 2.45) is 5.73 Å². The van der Waals surface area contributed by atoms with Crippen LogP contribution >= 0.6 is 0 Å². The van der Waals surface area contributed by atoms with E-state index in [0.29, 0.717) is 13.0 Å². The van der Waals surface area contributed by atoms with E-state index in [9.17, 15) is 4.39 Å². The second-order valence-corrected chi connectivity index (χ2v) is 4.64. The lowest BCUT2D eigenvalue weighted by atomic mass is 9.91. The Bertz CT molecular complexity index is 522. The van der Waals surface area contributed by atoms with E-state index in [0.717, 1.165) is 5.56 Å². The summed E-state index contributed by atoms with van der Waals surface area (Å²) >= 11 is 0. The van der Waals surface area contributed by atoms with Gasteiger partial charge in [0.2, 0.25) is 0 Å². The fourth-order valence-electron chi connectivity index (χ4n) is 2.19. The lowest BCUT2D eigenvalue weighted by molar-refractivity contribution is 0.590. The minimum Gasteiger partial charge on any atom is -0.330 e. The van der Waals surface area contributed by atoms with Gasteiger partial charge in [-0.05, 0) is 37.1 Å². The Hall–Kier alpha value is -1.67. The van der Waals surface area contributed by atoms with Crippen molar-refractivity contribution in [3.63, 3.8) is 0 Å². The molecule has 2 N–H and O–H groups in total. The second-order valence-electron chi connectivity index (χ2n) is 4.64. The minimum absolute atomic E-state index is 0.149. The Morgan fingerprint density at radius 1 is 1.11 bits per heavy atom. The van der Waals surface area contributed by atoms with E-state index in [2.05, 4.69) is 25.1 Å². The Kier molecular flexibility index (Phi) is 4.11. The predicted molar refractivity (Wildman–Crippen MR) is 73.1 cm³/mol. The average Bonchev–Trinajstić information content (AvgIpc) is 2.38. The molecule has 1 nitrogen and oxygen atoms in total. The molecule has 94 valence electrons. The van der Waals surface area contributed by atoms with E-state index in [4.69, 9.17) is 5.73 Å². The van der Waals surface area contributed by atoms with Gasteiger partial charge in [0.25, 0.3) is 0 Å². The summed E-state index contributed by atoms with van der Waals surface area (Å²) in [4.78, 5) is 0. The van der Waals surface area contributed by atoms with Crippen LogP contribution in [0.4, 0.5) is 4.39 Å². The molecule has 0 fully saturated rings. The summed E-state index contributed by atoms with van der Waals surface area (Å²) in [5.74, 6) is 0.0189. The molecule has 2 rings (SSSR count). The van der Waals surface area contributed by atoms with E-state index in [1.165, 1.54) is 17.2 Å². The van der Waals surface area contributed by atoms with Crippen molar-refractivity contribution in [2.45, 2.75) is 19.3 Å². The minimum atomic E-state index is -0.149. The largest absolute Gasteiger partial charge is 0.330 e. The first-order valence-corrected chi connectivity index (χ1v) is 6.20. The van der Waals surface area contributed by atoms with Crippen LogP contribution in [0.3, 0.4) is 0 Å². The zero-order valence-electron chi connectivity index (χ0n) is 10.6. The van der Waals surface area contributed by atoms with Crippen molar-refractivity contribution < 1.29 is 4.39 Å². The number of aryl methyl sites for hydroxylation is 1. The van der Waals surface area contributed by atoms with Gasteiger partial charge in [0, 0.05) is 5.92 Å². The van der Waals surface area contributed by atoms with Crippen molar-refractivity contribution in [2.75, 3.05) is 6.54 Å². The van der Waals surface area contributed by atoms with E-state index in [1.807, 2.05) is 18.2 Å². The Labute approximate surface area is 107 Å². The van der Waals surface area contributed by atoms with E-state index in [1.54, 1.807) is 6.07 Å². The molecule has 0 radical (unpaired) electrons. The van der Waals surface area contributed by atoms with Gasteiger partial charge < -0.3 is 5.73 Å². The molecule has 2 heteroatoms. The molecular weight excluding hydrogens is 225 g/mol. The summed E-state index contributed by atoms with van der Waals surface area (Å²) in [6, 6.07) is 15.2. The lowest BCUT2D eigenvalue weighted by Crippen LogP contribution is -2.15. The van der Waals surface area contributed by atoms with Gasteiger partial charge in [-0.2, -0.15) is 0 Å². The molecule has 0 amide bonds. The normalized spacial score (nSPS) is 12.4. The number of rotatable bonds is 4. The Morgan fingerprint density at radius 3 is 2.56 bits per heavy atom. The molecule has 2 aromatic carbocycles. The van der Waals surface area contributed by atoms with Gasteiger partial charge in [0.1, 0.15) is 5.82 Å². The lowest BCUT2D eigenvalue weighted by Gasteiger charge is -2.16. The molecule has 0 aliphatic carbocycles. The van der Waals surface area contributed by atoms with Gasteiger partial charge in [-0.25, -0.2) is 4.39 Å². The summed E-state index contributed by atoms with van der Waals surface area (Å²) < 4.78 is 13.6. The highest BCUT2D eigenvalue weighted by Gasteiger charge is 2.12. The van der Waals surface area contributed by atoms with E-state index >= 15 is 0 Å². The predicted octanol–water partition coefficient (Wildman–Crippen LogP) is 3.42. The van der Waals surface area contributed by atoms with Crippen molar-refractivity contribution in [1.82, 2.24) is 0 Å². The molecule has 0 spiro atoms. The fourth-order valence-corrected chi connectivity index (χ4v) is 2.19. The average molecular weight is 243 g/mol. The van der Waals surface area contributed by atoms with Gasteiger partial charge in [0.05, 0.1) is 0 Å². The highest BCUT2D eigenvalue weighted by atomic mass is 19.1. The zero-order valence-corrected chi connectivity index (χ0v) is 10.6. The standard InChI is InChI=1S/C16H18FN/c1-12-5-4-7-13(9-12)15(11-18)10-14-6-2-3-8-16(14)17/h2-9,15H,10-11,18H2,1H3. The first-order chi connectivity index (χ1) is 8.70. The SMILES string of the molecule is Cc1cccc(C(CN)Cc2ccccc2F)c1. The quantitative estimate of drug-likeness (QED) is 0.874. The highest BCUT2D eigenvalue weighted by Crippen LogP contribution is 2.22. The van der Waals surface area contributed by atoms with Gasteiger partial charge in [-0.1, -0.05) is 48.0 Å². The van der Waals surface area contributed by atoms with Crippen molar-refractivity contribution in [1.29, 1.82) is 0 Å². The molecule has 18 heavy (non-hydrogen) atoms. The van der Waals surface area contributed by atoms with Gasteiger partial charge >= 0.3 is 0 Å². The number of nitrogens with two attached hydrogens (primary N) is 1. The van der Waals surface area contributed by atoms with Crippen LogP contribution in [0.1, 0.15) is 22.6 Å². The molecule has 2 aromatic rings. The summed E-state index contributed by atoms with van der Waals surface area (Å²) in [5, 5.41) is 0. The monoisotopic (exact) mass is 243 g/mol. The molecular formula is C16H18FN. The van der Waals surface area contributed by atoms with Gasteiger partial charge in [-0.3, -0.25) is 0 Å². The van der Waals surface area contributed by atoms with Crippen LogP contribution in [0.2, 0.25) is 0 Å². The van der Waals surface area contributed by atoms with Crippen LogP contribution in [0, 0.1) is 12.7 Å². The van der Waals surface area contributed by atoms with Crippen LogP contribution in [-0.4, -0.2) is 6.54 Å². The first kappa shape index (κ1) is 12.8. The topological polar surface area (TPSA) is 26.0 Å². The molecule has 0 aromatic heterocycles. The third-order valence-corrected chi connectivity index (χ3v) is 3.22. The molecule has 0 bridgehead atoms. The summed E-state index contributed by atoms with van der Waals surface area (Å²) in [6.07, 6.45) is 0.645. The number of hydrogen-bond donors (Lipinski definition) is 1. The van der Waals surface area contributed by atoms with Gasteiger partial charge in [0.15, 0.2) is 0 Å². The zero-order chi connectivity index (χ0) is 13.0. The molecule has 1 atom stereocenters. The molecule has 0 aliphatic rings. The van der Waals surface area contributed by atoms with Crippen molar-refractivity contribution in [3.8, 4) is 0 Å². The maximum absolute atomic E-state index is 13.6. The van der Waals surface area contributed by atoms with Crippen LogP contribution in [0.25, 0.3) is 0 Å². The number of benzene rings is 2. The first-order valence-electron chi connectivity index (χ1n) is 6.20.